The third kappa shape index (κ3) is 9.02. The third-order valence-electron chi connectivity index (χ3n) is 3.34. The molecule has 0 aliphatic carbocycles. The highest BCUT2D eigenvalue weighted by Crippen LogP contribution is 2.08. The maximum Gasteiger partial charge on any atom is 0.107 e. The van der Waals surface area contributed by atoms with E-state index in [4.69, 9.17) is 9.47 Å². The molecule has 22 heavy (non-hydrogen) atoms. The molecule has 0 aliphatic heterocycles. The van der Waals surface area contributed by atoms with Crippen LogP contribution < -0.4 is 10.6 Å². The van der Waals surface area contributed by atoms with Crippen LogP contribution in [-0.4, -0.2) is 71.4 Å². The molecule has 0 aromatic rings. The lowest BCUT2D eigenvalue weighted by Gasteiger charge is -2.28. The van der Waals surface area contributed by atoms with Crippen LogP contribution in [0.5, 0.6) is 0 Å². The number of rotatable bonds is 13. The molecule has 0 aliphatic rings. The third-order valence-corrected chi connectivity index (χ3v) is 3.34. The van der Waals surface area contributed by atoms with Crippen LogP contribution in [0.15, 0.2) is 16.4 Å². The Morgan fingerprint density at radius 2 is 2.05 bits per heavy atom. The molecule has 0 amide bonds. The summed E-state index contributed by atoms with van der Waals surface area (Å²) in [5, 5.41) is 6.77. The van der Waals surface area contributed by atoms with Gasteiger partial charge in [0.1, 0.15) is 5.82 Å². The summed E-state index contributed by atoms with van der Waals surface area (Å²) in [6.45, 7) is 10.6. The predicted octanol–water partition coefficient (Wildman–Crippen LogP) is 1.45. The molecule has 0 heterocycles. The van der Waals surface area contributed by atoms with E-state index in [0.717, 1.165) is 38.5 Å². The van der Waals surface area contributed by atoms with E-state index < -0.39 is 0 Å². The summed E-state index contributed by atoms with van der Waals surface area (Å²) < 4.78 is 10.3. The zero-order valence-electron chi connectivity index (χ0n) is 15.1. The summed E-state index contributed by atoms with van der Waals surface area (Å²) in [5.74, 6) is 1.11. The van der Waals surface area contributed by atoms with Crippen molar-refractivity contribution in [3.05, 3.63) is 11.4 Å². The standard InChI is InChI=1S/C16H34N4O2/c1-7-20(9-8-10-21-5)16(19-13-17-4)14(2)11-18-15(3)12-22-6/h13,15,18H,7-12H2,1-6H3,(H,17,19)/b16-14+/t15-/m1/s1. The Labute approximate surface area is 136 Å². The molecular formula is C16H34N4O2. The molecule has 6 heteroatoms. The molecule has 0 spiro atoms. The fourth-order valence-electron chi connectivity index (χ4n) is 2.16. The lowest BCUT2D eigenvalue weighted by Crippen LogP contribution is -2.37. The molecule has 2 N–H and O–H groups in total. The monoisotopic (exact) mass is 314 g/mol. The quantitative estimate of drug-likeness (QED) is 0.306. The molecule has 1 atom stereocenters. The lowest BCUT2D eigenvalue weighted by atomic mass is 10.2. The van der Waals surface area contributed by atoms with Crippen LogP contribution in [0.4, 0.5) is 0 Å². The van der Waals surface area contributed by atoms with Gasteiger partial charge in [0.25, 0.3) is 0 Å². The van der Waals surface area contributed by atoms with E-state index in [0.29, 0.717) is 12.6 Å². The Bertz CT molecular complexity index is 332. The van der Waals surface area contributed by atoms with E-state index >= 15 is 0 Å². The van der Waals surface area contributed by atoms with Gasteiger partial charge in [-0.1, -0.05) is 0 Å². The maximum absolute atomic E-state index is 5.16. The van der Waals surface area contributed by atoms with Gasteiger partial charge in [-0.05, 0) is 32.8 Å². The Balaban J connectivity index is 4.82. The first-order valence-corrected chi connectivity index (χ1v) is 7.93. The highest BCUT2D eigenvalue weighted by Gasteiger charge is 2.11. The van der Waals surface area contributed by atoms with Crippen LogP contribution in [0.2, 0.25) is 0 Å². The van der Waals surface area contributed by atoms with Crippen LogP contribution in [0.3, 0.4) is 0 Å². The van der Waals surface area contributed by atoms with Gasteiger partial charge in [-0.2, -0.15) is 0 Å². The minimum absolute atomic E-state index is 0.324. The van der Waals surface area contributed by atoms with E-state index in [1.54, 1.807) is 27.6 Å². The van der Waals surface area contributed by atoms with E-state index in [9.17, 15) is 0 Å². The van der Waals surface area contributed by atoms with Gasteiger partial charge in [0, 0.05) is 53.6 Å². The van der Waals surface area contributed by atoms with Crippen molar-refractivity contribution in [2.45, 2.75) is 33.2 Å². The SMILES string of the molecule is CCN(CCCOC)/C(NC=NC)=C(\C)CN[C@H](C)COC. The summed E-state index contributed by atoms with van der Waals surface area (Å²) in [6, 6.07) is 0.324. The van der Waals surface area contributed by atoms with Gasteiger partial charge in [-0.15, -0.1) is 0 Å². The van der Waals surface area contributed by atoms with Crippen molar-refractivity contribution in [3.8, 4) is 0 Å². The molecular weight excluding hydrogens is 280 g/mol. The molecule has 0 aromatic carbocycles. The van der Waals surface area contributed by atoms with Gasteiger partial charge in [0.2, 0.25) is 0 Å². The molecule has 6 nitrogen and oxygen atoms in total. The summed E-state index contributed by atoms with van der Waals surface area (Å²) in [7, 11) is 5.22. The zero-order valence-corrected chi connectivity index (χ0v) is 15.1. The zero-order chi connectivity index (χ0) is 16.8. The van der Waals surface area contributed by atoms with E-state index in [1.807, 2.05) is 0 Å². The number of ether oxygens (including phenoxy) is 2. The first-order valence-electron chi connectivity index (χ1n) is 7.93. The van der Waals surface area contributed by atoms with Crippen molar-refractivity contribution in [1.29, 1.82) is 0 Å². The number of hydrogen-bond donors (Lipinski definition) is 2. The topological polar surface area (TPSA) is 58.1 Å². The second kappa shape index (κ2) is 13.5. The van der Waals surface area contributed by atoms with E-state index in [-0.39, 0.29) is 0 Å². The van der Waals surface area contributed by atoms with Gasteiger partial charge < -0.3 is 25.0 Å². The average Bonchev–Trinajstić information content (AvgIpc) is 2.51. The van der Waals surface area contributed by atoms with Crippen LogP contribution in [0, 0.1) is 0 Å². The smallest absolute Gasteiger partial charge is 0.107 e. The normalized spacial score (nSPS) is 14.1. The number of nitrogens with one attached hydrogen (secondary N) is 2. The van der Waals surface area contributed by atoms with Crippen LogP contribution in [0.1, 0.15) is 27.2 Å². The fourth-order valence-corrected chi connectivity index (χ4v) is 2.16. The Morgan fingerprint density at radius 3 is 2.59 bits per heavy atom. The first kappa shape index (κ1) is 20.9. The highest BCUT2D eigenvalue weighted by molar-refractivity contribution is 5.57. The fraction of sp³-hybridized carbons (Fsp3) is 0.812. The Hall–Kier alpha value is -1.11. The van der Waals surface area contributed by atoms with Gasteiger partial charge in [0.15, 0.2) is 0 Å². The van der Waals surface area contributed by atoms with Crippen LogP contribution in [-0.2, 0) is 9.47 Å². The summed E-state index contributed by atoms with van der Waals surface area (Å²) in [5.41, 5.74) is 1.25. The van der Waals surface area contributed by atoms with Crippen molar-refractivity contribution < 1.29 is 9.47 Å². The Kier molecular flexibility index (Phi) is 12.9. The molecule has 0 unspecified atom stereocenters. The first-order chi connectivity index (χ1) is 10.6. The van der Waals surface area contributed by atoms with Crippen LogP contribution in [0.25, 0.3) is 0 Å². The molecule has 0 saturated carbocycles. The van der Waals surface area contributed by atoms with Crippen molar-refractivity contribution in [1.82, 2.24) is 15.5 Å². The van der Waals surface area contributed by atoms with E-state index in [2.05, 4.69) is 41.3 Å². The van der Waals surface area contributed by atoms with Gasteiger partial charge in [-0.3, -0.25) is 4.99 Å². The van der Waals surface area contributed by atoms with Crippen LogP contribution >= 0.6 is 0 Å². The van der Waals surface area contributed by atoms with Crippen molar-refractivity contribution >= 4 is 6.34 Å². The van der Waals surface area contributed by atoms with Crippen molar-refractivity contribution in [3.63, 3.8) is 0 Å². The molecule has 0 saturated heterocycles. The second-order valence-corrected chi connectivity index (χ2v) is 5.32. The summed E-state index contributed by atoms with van der Waals surface area (Å²) in [6.07, 6.45) is 2.73. The van der Waals surface area contributed by atoms with Gasteiger partial charge in [-0.25, -0.2) is 0 Å². The molecule has 0 fully saturated rings. The minimum atomic E-state index is 0.324. The molecule has 0 aromatic heterocycles. The second-order valence-electron chi connectivity index (χ2n) is 5.32. The van der Waals surface area contributed by atoms with E-state index in [1.165, 1.54) is 5.57 Å². The minimum Gasteiger partial charge on any atom is -0.385 e. The maximum atomic E-state index is 5.16. The Morgan fingerprint density at radius 1 is 1.32 bits per heavy atom. The predicted molar refractivity (Wildman–Crippen MR) is 93.3 cm³/mol. The summed E-state index contributed by atoms with van der Waals surface area (Å²) >= 11 is 0. The van der Waals surface area contributed by atoms with Gasteiger partial charge in [0.05, 0.1) is 12.9 Å². The van der Waals surface area contributed by atoms with Crippen molar-refractivity contribution in [2.75, 3.05) is 54.1 Å². The number of hydrogen-bond acceptors (Lipinski definition) is 5. The molecule has 130 valence electrons. The largest absolute Gasteiger partial charge is 0.385 e. The van der Waals surface area contributed by atoms with Gasteiger partial charge >= 0.3 is 0 Å². The molecule has 0 rings (SSSR count). The lowest BCUT2D eigenvalue weighted by molar-refractivity contribution is 0.173. The number of methoxy groups -OCH3 is 2. The average molecular weight is 314 g/mol. The summed E-state index contributed by atoms with van der Waals surface area (Å²) in [4.78, 5) is 6.35. The molecule has 0 bridgehead atoms. The highest BCUT2D eigenvalue weighted by atomic mass is 16.5. The number of aliphatic imine (C=N–C) groups is 1. The molecule has 0 radical (unpaired) electrons. The van der Waals surface area contributed by atoms with Crippen molar-refractivity contribution in [2.24, 2.45) is 4.99 Å². The number of nitrogens with zero attached hydrogens (tertiary/aromatic N) is 2.